The van der Waals surface area contributed by atoms with E-state index >= 15 is 0 Å². The van der Waals surface area contributed by atoms with Crippen LogP contribution in [0.25, 0.3) is 0 Å². The molecule has 0 fully saturated rings. The van der Waals surface area contributed by atoms with Crippen molar-refractivity contribution >= 4 is 18.8 Å². The monoisotopic (exact) mass is 287 g/mol. The van der Waals surface area contributed by atoms with Crippen LogP contribution < -0.4 is 15.4 Å². The number of hydrogen-bond acceptors (Lipinski definition) is 3. The second kappa shape index (κ2) is 6.70. The van der Waals surface area contributed by atoms with Crippen LogP contribution in [0.15, 0.2) is 24.3 Å². The van der Waals surface area contributed by atoms with Crippen LogP contribution >= 0.6 is 7.60 Å². The first-order valence-corrected chi connectivity index (χ1v) is 7.53. The zero-order valence-corrected chi connectivity index (χ0v) is 11.8. The van der Waals surface area contributed by atoms with Gasteiger partial charge in [0, 0.05) is 6.04 Å². The number of para-hydroxylation sites is 1. The molecule has 6 nitrogen and oxygen atoms in total. The molecule has 7 heteroatoms. The Hall–Kier alpha value is -1.36. The zero-order valence-electron chi connectivity index (χ0n) is 10.9. The van der Waals surface area contributed by atoms with E-state index in [9.17, 15) is 9.36 Å². The van der Waals surface area contributed by atoms with Gasteiger partial charge < -0.3 is 19.8 Å². The molecule has 1 amide bonds. The van der Waals surface area contributed by atoms with Gasteiger partial charge >= 0.3 is 7.60 Å². The van der Waals surface area contributed by atoms with Gasteiger partial charge in [-0.3, -0.25) is 9.36 Å². The quantitative estimate of drug-likeness (QED) is 0.672. The van der Waals surface area contributed by atoms with Gasteiger partial charge in [0.05, 0.1) is 0 Å². The summed E-state index contributed by atoms with van der Waals surface area (Å²) in [6, 6.07) is 5.82. The molecule has 19 heavy (non-hydrogen) atoms. The normalized spacial score (nSPS) is 12.8. The Morgan fingerprint density at radius 3 is 2.63 bits per heavy atom. The Balaban J connectivity index is 2.69. The fourth-order valence-corrected chi connectivity index (χ4v) is 2.09. The highest BCUT2D eigenvalue weighted by Crippen LogP contribution is 2.37. The standard InChI is InChI=1S/C12H18NO5P/c1-3-9(2)13-12(14)8-18-10-6-4-5-7-11(10)19(15,16)17/h4-7,9H,3,8H2,1-2H3,(H,13,14)(H2,15,16,17)/t9-/m0/s1. The van der Waals surface area contributed by atoms with Crippen LogP contribution in [0.3, 0.4) is 0 Å². The number of benzene rings is 1. The van der Waals surface area contributed by atoms with Crippen LogP contribution in [0.4, 0.5) is 0 Å². The number of ether oxygens (including phenoxy) is 1. The van der Waals surface area contributed by atoms with E-state index in [1.807, 2.05) is 13.8 Å². The molecule has 1 aromatic carbocycles. The van der Waals surface area contributed by atoms with Crippen LogP contribution in [0.2, 0.25) is 0 Å². The maximum atomic E-state index is 11.5. The molecule has 1 rings (SSSR count). The van der Waals surface area contributed by atoms with Crippen LogP contribution in [0.1, 0.15) is 20.3 Å². The van der Waals surface area contributed by atoms with Crippen molar-refractivity contribution in [2.45, 2.75) is 26.3 Å². The summed E-state index contributed by atoms with van der Waals surface area (Å²) in [5.74, 6) is -0.301. The van der Waals surface area contributed by atoms with Crippen LogP contribution in [0.5, 0.6) is 5.75 Å². The lowest BCUT2D eigenvalue weighted by Gasteiger charge is -2.14. The highest BCUT2D eigenvalue weighted by molar-refractivity contribution is 7.60. The number of nitrogens with one attached hydrogen (secondary N) is 1. The van der Waals surface area contributed by atoms with E-state index in [2.05, 4.69) is 5.32 Å². The zero-order chi connectivity index (χ0) is 14.5. The second-order valence-electron chi connectivity index (χ2n) is 4.18. The molecule has 0 saturated carbocycles. The van der Waals surface area contributed by atoms with Crippen molar-refractivity contribution in [1.82, 2.24) is 5.32 Å². The van der Waals surface area contributed by atoms with E-state index < -0.39 is 7.60 Å². The van der Waals surface area contributed by atoms with E-state index in [1.165, 1.54) is 18.2 Å². The molecule has 3 N–H and O–H groups in total. The lowest BCUT2D eigenvalue weighted by atomic mass is 10.2. The Morgan fingerprint density at radius 2 is 2.05 bits per heavy atom. The largest absolute Gasteiger partial charge is 0.483 e. The molecule has 106 valence electrons. The van der Waals surface area contributed by atoms with Crippen LogP contribution in [0, 0.1) is 0 Å². The fraction of sp³-hybridized carbons (Fsp3) is 0.417. The average Bonchev–Trinajstić information content (AvgIpc) is 2.35. The van der Waals surface area contributed by atoms with Gasteiger partial charge in [-0.1, -0.05) is 19.1 Å². The van der Waals surface area contributed by atoms with Gasteiger partial charge in [-0.25, -0.2) is 0 Å². The number of carbonyl (C=O) groups excluding carboxylic acids is 1. The smallest absolute Gasteiger partial charge is 0.359 e. The van der Waals surface area contributed by atoms with Gasteiger partial charge in [-0.15, -0.1) is 0 Å². The number of rotatable bonds is 6. The average molecular weight is 287 g/mol. The summed E-state index contributed by atoms with van der Waals surface area (Å²) in [6.07, 6.45) is 0.796. The molecular weight excluding hydrogens is 269 g/mol. The molecular formula is C12H18NO5P. The molecule has 0 aliphatic heterocycles. The molecule has 0 aliphatic carbocycles. The van der Waals surface area contributed by atoms with Gasteiger partial charge in [0.1, 0.15) is 11.1 Å². The Kier molecular flexibility index (Phi) is 5.54. The summed E-state index contributed by atoms with van der Waals surface area (Å²) < 4.78 is 16.4. The molecule has 0 aliphatic rings. The second-order valence-corrected chi connectivity index (χ2v) is 5.75. The minimum absolute atomic E-state index is 0.0233. The molecule has 0 bridgehead atoms. The third kappa shape index (κ3) is 5.03. The Bertz CT molecular complexity index is 485. The Morgan fingerprint density at radius 1 is 1.42 bits per heavy atom. The van der Waals surface area contributed by atoms with Gasteiger partial charge in [0.25, 0.3) is 5.91 Å². The predicted molar refractivity (Wildman–Crippen MR) is 71.5 cm³/mol. The van der Waals surface area contributed by atoms with Crippen molar-refractivity contribution in [2.24, 2.45) is 0 Å². The lowest BCUT2D eigenvalue weighted by molar-refractivity contribution is -0.123. The fourth-order valence-electron chi connectivity index (χ4n) is 1.38. The SMILES string of the molecule is CC[C@H](C)NC(=O)COc1ccccc1P(=O)(O)O. The van der Waals surface area contributed by atoms with E-state index in [1.54, 1.807) is 6.07 Å². The molecule has 1 atom stereocenters. The van der Waals surface area contributed by atoms with E-state index in [4.69, 9.17) is 14.5 Å². The molecule has 0 aromatic heterocycles. The van der Waals surface area contributed by atoms with Gasteiger partial charge in [0.2, 0.25) is 0 Å². The highest BCUT2D eigenvalue weighted by atomic mass is 31.2. The number of carbonyl (C=O) groups is 1. The van der Waals surface area contributed by atoms with Crippen molar-refractivity contribution in [2.75, 3.05) is 6.61 Å². The topological polar surface area (TPSA) is 95.9 Å². The first kappa shape index (κ1) is 15.7. The van der Waals surface area contributed by atoms with Crippen LogP contribution in [-0.4, -0.2) is 28.3 Å². The molecule has 0 saturated heterocycles. The maximum Gasteiger partial charge on any atom is 0.359 e. The van der Waals surface area contributed by atoms with Crippen LogP contribution in [-0.2, 0) is 9.36 Å². The summed E-state index contributed by atoms with van der Waals surface area (Å²) in [4.78, 5) is 29.8. The van der Waals surface area contributed by atoms with Gasteiger partial charge in [-0.05, 0) is 25.5 Å². The van der Waals surface area contributed by atoms with Crippen molar-refractivity contribution in [1.29, 1.82) is 0 Å². The Labute approximate surface area is 111 Å². The highest BCUT2D eigenvalue weighted by Gasteiger charge is 2.22. The summed E-state index contributed by atoms with van der Waals surface area (Å²) in [5.41, 5.74) is 0. The van der Waals surface area contributed by atoms with Gasteiger partial charge in [0.15, 0.2) is 6.61 Å². The van der Waals surface area contributed by atoms with Crippen molar-refractivity contribution in [3.05, 3.63) is 24.3 Å². The maximum absolute atomic E-state index is 11.5. The lowest BCUT2D eigenvalue weighted by Crippen LogP contribution is -2.36. The minimum atomic E-state index is -4.41. The van der Waals surface area contributed by atoms with Gasteiger partial charge in [-0.2, -0.15) is 0 Å². The third-order valence-corrected chi connectivity index (χ3v) is 3.55. The molecule has 1 aromatic rings. The minimum Gasteiger partial charge on any atom is -0.483 e. The van der Waals surface area contributed by atoms with Crippen molar-refractivity contribution in [3.63, 3.8) is 0 Å². The van der Waals surface area contributed by atoms with Crippen molar-refractivity contribution < 1.29 is 23.9 Å². The molecule has 0 spiro atoms. The summed E-state index contributed by atoms with van der Waals surface area (Å²) in [6.45, 7) is 3.53. The molecule has 0 heterocycles. The summed E-state index contributed by atoms with van der Waals surface area (Å²) in [5, 5.41) is 2.48. The number of hydrogen-bond donors (Lipinski definition) is 3. The molecule has 0 radical (unpaired) electrons. The number of amides is 1. The third-order valence-electron chi connectivity index (χ3n) is 2.56. The first-order chi connectivity index (χ1) is 8.84. The summed E-state index contributed by atoms with van der Waals surface area (Å²) >= 11 is 0. The first-order valence-electron chi connectivity index (χ1n) is 5.92. The summed E-state index contributed by atoms with van der Waals surface area (Å²) in [7, 11) is -4.41. The van der Waals surface area contributed by atoms with Crippen molar-refractivity contribution in [3.8, 4) is 5.75 Å². The predicted octanol–water partition coefficient (Wildman–Crippen LogP) is 0.783. The molecule has 0 unspecified atom stereocenters. The van der Waals surface area contributed by atoms with E-state index in [-0.39, 0.29) is 29.6 Å². The van der Waals surface area contributed by atoms with E-state index in [0.717, 1.165) is 6.42 Å². The van der Waals surface area contributed by atoms with E-state index in [0.29, 0.717) is 0 Å².